The fraction of sp³-hybridized carbons (Fsp3) is 0.417. The summed E-state index contributed by atoms with van der Waals surface area (Å²) >= 11 is 0. The number of nitrogens with zero attached hydrogens (tertiary/aromatic N) is 1. The molecule has 0 aliphatic heterocycles. The van der Waals surface area contributed by atoms with Gasteiger partial charge in [0.05, 0.1) is 12.1 Å². The van der Waals surface area contributed by atoms with Crippen LogP contribution in [-0.2, 0) is 4.79 Å². The van der Waals surface area contributed by atoms with E-state index in [2.05, 4.69) is 0 Å². The molecule has 0 saturated carbocycles. The fourth-order valence-corrected chi connectivity index (χ4v) is 1.28. The normalized spacial score (nSPS) is 11.2. The minimum absolute atomic E-state index is 0.333. The van der Waals surface area contributed by atoms with E-state index in [0.29, 0.717) is 11.4 Å². The van der Waals surface area contributed by atoms with Crippen molar-refractivity contribution in [3.63, 3.8) is 0 Å². The average Bonchev–Trinajstić information content (AvgIpc) is 2.33. The number of ether oxygens (including phenoxy) is 1. The molecule has 1 rings (SSSR count). The largest absolute Gasteiger partial charge is 0.482 e. The van der Waals surface area contributed by atoms with Gasteiger partial charge in [-0.15, -0.1) is 0 Å². The van der Waals surface area contributed by atoms with Gasteiger partial charge in [0.1, 0.15) is 5.75 Å². The van der Waals surface area contributed by atoms with E-state index in [1.807, 2.05) is 0 Å². The number of likely N-dealkylation sites (N-methyl/N-ethyl adjacent to an activating group) is 1. The molecule has 0 aromatic heterocycles. The Morgan fingerprint density at radius 3 is 2.58 bits per heavy atom. The van der Waals surface area contributed by atoms with Gasteiger partial charge in [-0.1, -0.05) is 12.1 Å². The van der Waals surface area contributed by atoms with Crippen molar-refractivity contribution < 1.29 is 22.7 Å². The molecule has 0 aliphatic rings. The van der Waals surface area contributed by atoms with E-state index >= 15 is 0 Å². The Labute approximate surface area is 108 Å². The van der Waals surface area contributed by atoms with E-state index in [4.69, 9.17) is 10.5 Å². The van der Waals surface area contributed by atoms with Crippen LogP contribution in [0.15, 0.2) is 24.3 Å². The van der Waals surface area contributed by atoms with Crippen molar-refractivity contribution in [3.05, 3.63) is 24.3 Å². The lowest BCUT2D eigenvalue weighted by atomic mass is 10.3. The third kappa shape index (κ3) is 5.50. The molecule has 0 bridgehead atoms. The molecule has 0 aliphatic carbocycles. The van der Waals surface area contributed by atoms with Crippen molar-refractivity contribution in [1.82, 2.24) is 4.90 Å². The summed E-state index contributed by atoms with van der Waals surface area (Å²) in [5, 5.41) is 0. The molecule has 0 spiro atoms. The van der Waals surface area contributed by atoms with Crippen LogP contribution in [-0.4, -0.2) is 37.2 Å². The van der Waals surface area contributed by atoms with Crippen LogP contribution in [0.25, 0.3) is 0 Å². The van der Waals surface area contributed by atoms with Crippen LogP contribution in [0, 0.1) is 0 Å². The van der Waals surface area contributed by atoms with Crippen LogP contribution < -0.4 is 10.5 Å². The number of para-hydroxylation sites is 2. The summed E-state index contributed by atoms with van der Waals surface area (Å²) in [6.07, 6.45) is -5.32. The number of hydrogen-bond acceptors (Lipinski definition) is 3. The smallest absolute Gasteiger partial charge is 0.390 e. The highest BCUT2D eigenvalue weighted by Gasteiger charge is 2.28. The molecule has 0 unspecified atom stereocenters. The minimum atomic E-state index is -4.28. The lowest BCUT2D eigenvalue weighted by Crippen LogP contribution is -2.34. The summed E-state index contributed by atoms with van der Waals surface area (Å²) in [6, 6.07) is 6.58. The number of amides is 1. The number of alkyl halides is 3. The maximum atomic E-state index is 12.0. The summed E-state index contributed by atoms with van der Waals surface area (Å²) < 4.78 is 41.1. The second-order valence-electron chi connectivity index (χ2n) is 4.01. The summed E-state index contributed by atoms with van der Waals surface area (Å²) in [4.78, 5) is 12.5. The van der Waals surface area contributed by atoms with Crippen LogP contribution in [0.2, 0.25) is 0 Å². The first-order valence-corrected chi connectivity index (χ1v) is 5.57. The number of rotatable bonds is 5. The van der Waals surface area contributed by atoms with Crippen molar-refractivity contribution in [1.29, 1.82) is 0 Å². The first kappa shape index (κ1) is 15.1. The van der Waals surface area contributed by atoms with Crippen LogP contribution in [0.1, 0.15) is 6.42 Å². The van der Waals surface area contributed by atoms with Crippen LogP contribution in [0.3, 0.4) is 0 Å². The zero-order chi connectivity index (χ0) is 14.5. The molecular weight excluding hydrogens is 261 g/mol. The standard InChI is InChI=1S/C12H15F3N2O2/c1-17(7-6-12(13,14)15)11(18)8-19-10-5-3-2-4-9(10)16/h2-5H,6-8,16H2,1H3. The predicted octanol–water partition coefficient (Wildman–Crippen LogP) is 2.06. The predicted molar refractivity (Wildman–Crippen MR) is 64.7 cm³/mol. The maximum Gasteiger partial charge on any atom is 0.390 e. The Balaban J connectivity index is 2.41. The zero-order valence-corrected chi connectivity index (χ0v) is 10.4. The summed E-state index contributed by atoms with van der Waals surface area (Å²) in [7, 11) is 1.30. The van der Waals surface area contributed by atoms with Gasteiger partial charge in [0, 0.05) is 13.6 Å². The molecule has 1 aromatic carbocycles. The lowest BCUT2D eigenvalue weighted by molar-refractivity contribution is -0.145. The molecule has 1 aromatic rings. The Hall–Kier alpha value is -1.92. The molecule has 0 saturated heterocycles. The Morgan fingerprint density at radius 2 is 2.00 bits per heavy atom. The number of nitrogen functional groups attached to an aromatic ring is 1. The topological polar surface area (TPSA) is 55.6 Å². The van der Waals surface area contributed by atoms with Gasteiger partial charge in [-0.25, -0.2) is 0 Å². The van der Waals surface area contributed by atoms with E-state index in [-0.39, 0.29) is 6.61 Å². The van der Waals surface area contributed by atoms with Crippen molar-refractivity contribution in [2.75, 3.05) is 25.9 Å². The maximum absolute atomic E-state index is 12.0. The zero-order valence-electron chi connectivity index (χ0n) is 10.4. The summed E-state index contributed by atoms with van der Waals surface area (Å²) in [6.45, 7) is -0.738. The van der Waals surface area contributed by atoms with E-state index < -0.39 is 25.0 Å². The molecule has 0 heterocycles. The van der Waals surface area contributed by atoms with Crippen LogP contribution in [0.5, 0.6) is 5.75 Å². The molecule has 0 radical (unpaired) electrons. The van der Waals surface area contributed by atoms with Gasteiger partial charge in [-0.05, 0) is 12.1 Å². The van der Waals surface area contributed by atoms with Crippen molar-refractivity contribution in [2.24, 2.45) is 0 Å². The monoisotopic (exact) mass is 276 g/mol. The third-order valence-corrected chi connectivity index (χ3v) is 2.43. The Kier molecular flexibility index (Phi) is 5.02. The molecule has 106 valence electrons. The number of hydrogen-bond donors (Lipinski definition) is 1. The van der Waals surface area contributed by atoms with Gasteiger partial charge in [-0.2, -0.15) is 13.2 Å². The molecule has 19 heavy (non-hydrogen) atoms. The first-order valence-electron chi connectivity index (χ1n) is 5.57. The number of anilines is 1. The molecular formula is C12H15F3N2O2. The van der Waals surface area contributed by atoms with Crippen LogP contribution in [0.4, 0.5) is 18.9 Å². The van der Waals surface area contributed by atoms with Gasteiger partial charge in [0.2, 0.25) is 0 Å². The van der Waals surface area contributed by atoms with Crippen molar-refractivity contribution in [3.8, 4) is 5.75 Å². The van der Waals surface area contributed by atoms with Gasteiger partial charge in [0.25, 0.3) is 5.91 Å². The second kappa shape index (κ2) is 6.31. The third-order valence-electron chi connectivity index (χ3n) is 2.43. The molecule has 7 heteroatoms. The van der Waals surface area contributed by atoms with Gasteiger partial charge in [0.15, 0.2) is 6.61 Å². The molecule has 0 fully saturated rings. The minimum Gasteiger partial charge on any atom is -0.482 e. The highest BCUT2D eigenvalue weighted by atomic mass is 19.4. The summed E-state index contributed by atoms with van der Waals surface area (Å²) in [5.41, 5.74) is 5.97. The molecule has 4 nitrogen and oxygen atoms in total. The van der Waals surface area contributed by atoms with E-state index in [9.17, 15) is 18.0 Å². The van der Waals surface area contributed by atoms with Gasteiger partial charge in [-0.3, -0.25) is 4.79 Å². The second-order valence-corrected chi connectivity index (χ2v) is 4.01. The molecule has 1 amide bonds. The quantitative estimate of drug-likeness (QED) is 0.837. The molecule has 0 atom stereocenters. The summed E-state index contributed by atoms with van der Waals surface area (Å²) in [5.74, 6) is -0.201. The van der Waals surface area contributed by atoms with E-state index in [1.165, 1.54) is 7.05 Å². The van der Waals surface area contributed by atoms with Gasteiger partial charge < -0.3 is 15.4 Å². The fourth-order valence-electron chi connectivity index (χ4n) is 1.28. The van der Waals surface area contributed by atoms with E-state index in [1.54, 1.807) is 24.3 Å². The highest BCUT2D eigenvalue weighted by Crippen LogP contribution is 2.20. The number of benzene rings is 1. The first-order chi connectivity index (χ1) is 8.79. The SMILES string of the molecule is CN(CCC(F)(F)F)C(=O)COc1ccccc1N. The highest BCUT2D eigenvalue weighted by molar-refractivity contribution is 5.77. The van der Waals surface area contributed by atoms with Gasteiger partial charge >= 0.3 is 6.18 Å². The van der Waals surface area contributed by atoms with E-state index in [0.717, 1.165) is 4.90 Å². The number of carbonyl (C=O) groups is 1. The Morgan fingerprint density at radius 1 is 1.37 bits per heavy atom. The number of nitrogens with two attached hydrogens (primary N) is 1. The van der Waals surface area contributed by atoms with Crippen LogP contribution >= 0.6 is 0 Å². The molecule has 2 N–H and O–H groups in total. The number of halogens is 3. The van der Waals surface area contributed by atoms with Crippen molar-refractivity contribution >= 4 is 11.6 Å². The lowest BCUT2D eigenvalue weighted by Gasteiger charge is -2.18. The van der Waals surface area contributed by atoms with Crippen molar-refractivity contribution in [2.45, 2.75) is 12.6 Å². The Bertz CT molecular complexity index is 435. The average molecular weight is 276 g/mol. The number of carbonyl (C=O) groups excluding carboxylic acids is 1.